The molecule has 1 aromatic heterocycles. The minimum absolute atomic E-state index is 0.0862. The number of aromatic nitrogens is 2. The molecule has 0 aromatic carbocycles. The van der Waals surface area contributed by atoms with Crippen molar-refractivity contribution < 1.29 is 4.79 Å². The predicted molar refractivity (Wildman–Crippen MR) is 87.8 cm³/mol. The summed E-state index contributed by atoms with van der Waals surface area (Å²) in [6, 6.07) is 0.0862. The maximum atomic E-state index is 12.0. The second kappa shape index (κ2) is 8.17. The number of rotatable bonds is 6. The van der Waals surface area contributed by atoms with Gasteiger partial charge in [-0.1, -0.05) is 13.3 Å². The summed E-state index contributed by atoms with van der Waals surface area (Å²) in [5, 5.41) is 7.49. The maximum Gasteiger partial charge on any atom is 0.317 e. The van der Waals surface area contributed by atoms with Crippen molar-refractivity contribution in [3.8, 4) is 0 Å². The molecule has 0 aliphatic carbocycles. The first-order chi connectivity index (χ1) is 10.6. The molecule has 0 atom stereocenters. The highest BCUT2D eigenvalue weighted by Crippen LogP contribution is 2.12. The molecule has 1 aliphatic heterocycles. The topological polar surface area (TPSA) is 53.4 Å². The molecule has 0 radical (unpaired) electrons. The van der Waals surface area contributed by atoms with Gasteiger partial charge in [0.05, 0.1) is 5.69 Å². The van der Waals surface area contributed by atoms with Crippen molar-refractivity contribution in [2.24, 2.45) is 0 Å². The molecule has 1 aliphatic rings. The van der Waals surface area contributed by atoms with Crippen LogP contribution < -0.4 is 5.32 Å². The lowest BCUT2D eigenvalue weighted by Crippen LogP contribution is -2.51. The van der Waals surface area contributed by atoms with Crippen molar-refractivity contribution in [1.82, 2.24) is 24.9 Å². The van der Waals surface area contributed by atoms with Gasteiger partial charge in [0, 0.05) is 57.6 Å². The molecule has 124 valence electrons. The summed E-state index contributed by atoms with van der Waals surface area (Å²) in [5.74, 6) is 0. The van der Waals surface area contributed by atoms with Crippen molar-refractivity contribution in [3.63, 3.8) is 0 Å². The summed E-state index contributed by atoms with van der Waals surface area (Å²) in [6.45, 7) is 12.4. The zero-order chi connectivity index (χ0) is 15.9. The molecular formula is C16H29N5O. The summed E-state index contributed by atoms with van der Waals surface area (Å²) >= 11 is 0. The number of unbranched alkanes of at least 4 members (excludes halogenated alkanes) is 1. The first kappa shape index (κ1) is 16.8. The number of nitrogens with one attached hydrogen (secondary N) is 1. The lowest BCUT2D eigenvalue weighted by atomic mass is 10.2. The molecule has 2 heterocycles. The quantitative estimate of drug-likeness (QED) is 0.816. The fraction of sp³-hybridized carbons (Fsp3) is 0.750. The summed E-state index contributed by atoms with van der Waals surface area (Å²) in [5.41, 5.74) is 2.41. The number of carbonyl (C=O) groups excluding carboxylic acids is 1. The molecule has 22 heavy (non-hydrogen) atoms. The van der Waals surface area contributed by atoms with Gasteiger partial charge < -0.3 is 10.2 Å². The van der Waals surface area contributed by atoms with E-state index in [4.69, 9.17) is 0 Å². The minimum Gasteiger partial charge on any atom is -0.338 e. The average Bonchev–Trinajstić information content (AvgIpc) is 2.88. The zero-order valence-corrected chi connectivity index (χ0v) is 14.1. The Bertz CT molecular complexity index is 477. The molecule has 6 heteroatoms. The highest BCUT2D eigenvalue weighted by atomic mass is 16.2. The van der Waals surface area contributed by atoms with Gasteiger partial charge in [-0.2, -0.15) is 5.10 Å². The van der Waals surface area contributed by atoms with Crippen LogP contribution in [0.5, 0.6) is 0 Å². The van der Waals surface area contributed by atoms with Crippen molar-refractivity contribution in [2.75, 3.05) is 32.7 Å². The Labute approximate surface area is 133 Å². The van der Waals surface area contributed by atoms with Gasteiger partial charge >= 0.3 is 6.03 Å². The SMILES string of the molecule is CCCCNC(=O)N1CCN(Cc2cn(CC)nc2C)CC1. The molecule has 2 rings (SSSR count). The molecule has 2 amide bonds. The van der Waals surface area contributed by atoms with Crippen LogP contribution in [-0.2, 0) is 13.1 Å². The smallest absolute Gasteiger partial charge is 0.317 e. The number of piperazine rings is 1. The second-order valence-electron chi connectivity index (χ2n) is 5.94. The van der Waals surface area contributed by atoms with E-state index < -0.39 is 0 Å². The van der Waals surface area contributed by atoms with Gasteiger partial charge in [0.1, 0.15) is 0 Å². The van der Waals surface area contributed by atoms with Crippen LogP contribution in [0.1, 0.15) is 37.9 Å². The molecule has 0 spiro atoms. The van der Waals surface area contributed by atoms with Crippen molar-refractivity contribution in [1.29, 1.82) is 0 Å². The molecule has 0 saturated carbocycles. The Kier molecular flexibility index (Phi) is 6.24. The fourth-order valence-electron chi connectivity index (χ4n) is 2.71. The van der Waals surface area contributed by atoms with Crippen LogP contribution in [0.2, 0.25) is 0 Å². The van der Waals surface area contributed by atoms with Crippen LogP contribution in [-0.4, -0.2) is 58.3 Å². The zero-order valence-electron chi connectivity index (χ0n) is 14.1. The van der Waals surface area contributed by atoms with E-state index in [1.807, 2.05) is 9.58 Å². The number of hydrogen-bond donors (Lipinski definition) is 1. The van der Waals surface area contributed by atoms with Crippen LogP contribution in [0.4, 0.5) is 4.79 Å². The Morgan fingerprint density at radius 3 is 2.59 bits per heavy atom. The third-order valence-corrected chi connectivity index (χ3v) is 4.23. The first-order valence-electron chi connectivity index (χ1n) is 8.42. The lowest BCUT2D eigenvalue weighted by molar-refractivity contribution is 0.135. The van der Waals surface area contributed by atoms with Crippen LogP contribution >= 0.6 is 0 Å². The maximum absolute atomic E-state index is 12.0. The van der Waals surface area contributed by atoms with Crippen molar-refractivity contribution >= 4 is 6.03 Å². The Morgan fingerprint density at radius 1 is 1.27 bits per heavy atom. The van der Waals surface area contributed by atoms with E-state index in [2.05, 4.69) is 42.3 Å². The molecule has 6 nitrogen and oxygen atoms in total. The standard InChI is InChI=1S/C16H29N5O/c1-4-6-7-17-16(22)20-10-8-19(9-11-20)12-15-13-21(5-2)18-14(15)3/h13H,4-12H2,1-3H3,(H,17,22). The van der Waals surface area contributed by atoms with Gasteiger partial charge in [-0.25, -0.2) is 4.79 Å². The van der Waals surface area contributed by atoms with Gasteiger partial charge in [-0.05, 0) is 20.3 Å². The Hall–Kier alpha value is -1.56. The molecule has 1 fully saturated rings. The van der Waals surface area contributed by atoms with E-state index in [0.717, 1.165) is 64.3 Å². The largest absolute Gasteiger partial charge is 0.338 e. The van der Waals surface area contributed by atoms with E-state index in [-0.39, 0.29) is 6.03 Å². The monoisotopic (exact) mass is 307 g/mol. The average molecular weight is 307 g/mol. The lowest BCUT2D eigenvalue weighted by Gasteiger charge is -2.34. The third kappa shape index (κ3) is 4.47. The summed E-state index contributed by atoms with van der Waals surface area (Å²) in [4.78, 5) is 16.3. The molecule has 1 saturated heterocycles. The van der Waals surface area contributed by atoms with Crippen LogP contribution in [0.15, 0.2) is 6.20 Å². The third-order valence-electron chi connectivity index (χ3n) is 4.23. The van der Waals surface area contributed by atoms with E-state index in [1.165, 1.54) is 5.56 Å². The number of hydrogen-bond acceptors (Lipinski definition) is 3. The van der Waals surface area contributed by atoms with Crippen molar-refractivity contribution in [3.05, 3.63) is 17.5 Å². The van der Waals surface area contributed by atoms with Gasteiger partial charge in [-0.3, -0.25) is 9.58 Å². The van der Waals surface area contributed by atoms with Crippen LogP contribution in [0.3, 0.4) is 0 Å². The van der Waals surface area contributed by atoms with E-state index >= 15 is 0 Å². The molecule has 1 N–H and O–H groups in total. The highest BCUT2D eigenvalue weighted by Gasteiger charge is 2.21. The van der Waals surface area contributed by atoms with Gasteiger partial charge in [-0.15, -0.1) is 0 Å². The summed E-state index contributed by atoms with van der Waals surface area (Å²) < 4.78 is 1.99. The molecule has 0 bridgehead atoms. The molecular weight excluding hydrogens is 278 g/mol. The highest BCUT2D eigenvalue weighted by molar-refractivity contribution is 5.74. The molecule has 0 unspecified atom stereocenters. The fourth-order valence-corrected chi connectivity index (χ4v) is 2.71. The number of nitrogens with zero attached hydrogens (tertiary/aromatic N) is 4. The predicted octanol–water partition coefficient (Wildman–Crippen LogP) is 1.84. The van der Waals surface area contributed by atoms with Crippen LogP contribution in [0, 0.1) is 6.92 Å². The number of urea groups is 1. The first-order valence-corrected chi connectivity index (χ1v) is 8.42. The second-order valence-corrected chi connectivity index (χ2v) is 5.94. The van der Waals surface area contributed by atoms with Gasteiger partial charge in [0.25, 0.3) is 0 Å². The van der Waals surface area contributed by atoms with E-state index in [1.54, 1.807) is 0 Å². The van der Waals surface area contributed by atoms with Crippen LogP contribution in [0.25, 0.3) is 0 Å². The number of aryl methyl sites for hydroxylation is 2. The normalized spacial score (nSPS) is 16.0. The van der Waals surface area contributed by atoms with E-state index in [0.29, 0.717) is 0 Å². The van der Waals surface area contributed by atoms with Crippen molar-refractivity contribution in [2.45, 2.75) is 46.7 Å². The minimum atomic E-state index is 0.0862. The molecule has 1 aromatic rings. The number of carbonyl (C=O) groups is 1. The van der Waals surface area contributed by atoms with Gasteiger partial charge in [0.2, 0.25) is 0 Å². The summed E-state index contributed by atoms with van der Waals surface area (Å²) in [6.07, 6.45) is 4.30. The number of amides is 2. The summed E-state index contributed by atoms with van der Waals surface area (Å²) in [7, 11) is 0. The van der Waals surface area contributed by atoms with E-state index in [9.17, 15) is 4.79 Å². The Balaban J connectivity index is 1.77. The van der Waals surface area contributed by atoms with Gasteiger partial charge in [0.15, 0.2) is 0 Å². The Morgan fingerprint density at radius 2 is 2.00 bits per heavy atom.